The number of amides is 1. The summed E-state index contributed by atoms with van der Waals surface area (Å²) in [6, 6.07) is 6.43. The van der Waals surface area contributed by atoms with Crippen LogP contribution in [0.2, 0.25) is 0 Å². The van der Waals surface area contributed by atoms with Crippen LogP contribution >= 0.6 is 0 Å². The second-order valence-electron chi connectivity index (χ2n) is 8.85. The molecule has 1 aliphatic rings. The molecule has 0 unspecified atom stereocenters. The van der Waals surface area contributed by atoms with Crippen LogP contribution in [0.1, 0.15) is 52.0 Å². The molecule has 1 fully saturated rings. The van der Waals surface area contributed by atoms with Gasteiger partial charge in [0.2, 0.25) is 0 Å². The van der Waals surface area contributed by atoms with E-state index in [1.54, 1.807) is 17.2 Å². The van der Waals surface area contributed by atoms with Gasteiger partial charge in [0, 0.05) is 31.4 Å². The minimum absolute atomic E-state index is 0.0452. The van der Waals surface area contributed by atoms with Crippen molar-refractivity contribution in [2.24, 2.45) is 5.92 Å². The predicted molar refractivity (Wildman–Crippen MR) is 112 cm³/mol. The molecule has 0 aliphatic carbocycles. The summed E-state index contributed by atoms with van der Waals surface area (Å²) in [5.41, 5.74) is 1.14. The lowest BCUT2D eigenvalue weighted by Crippen LogP contribution is -2.41. The standard InChI is InChI=1S/C23H29FN4O2/c1-23(2,3)30-22(29)27-11-8-17(9-12-27)5-4-10-28-16-20(15-26-28)18-6-7-19(14-25)21(24)13-18/h6-7,13,15-17H,4-5,8-12H2,1-3H3. The molecular formula is C23H29FN4O2. The van der Waals surface area contributed by atoms with E-state index in [2.05, 4.69) is 5.10 Å². The first-order valence-electron chi connectivity index (χ1n) is 10.5. The van der Waals surface area contributed by atoms with E-state index in [1.807, 2.05) is 37.7 Å². The topological polar surface area (TPSA) is 71.2 Å². The normalized spacial score (nSPS) is 15.1. The molecule has 7 heteroatoms. The number of aryl methyl sites for hydroxylation is 1. The van der Waals surface area contributed by atoms with Crippen molar-refractivity contribution >= 4 is 6.09 Å². The van der Waals surface area contributed by atoms with Gasteiger partial charge in [0.25, 0.3) is 0 Å². The fourth-order valence-electron chi connectivity index (χ4n) is 3.69. The number of hydrogen-bond donors (Lipinski definition) is 0. The molecule has 1 saturated heterocycles. The van der Waals surface area contributed by atoms with Gasteiger partial charge in [-0.1, -0.05) is 6.07 Å². The molecule has 0 bridgehead atoms. The number of benzene rings is 1. The van der Waals surface area contributed by atoms with E-state index < -0.39 is 11.4 Å². The Kier molecular flexibility index (Phi) is 6.76. The molecule has 1 aromatic heterocycles. The summed E-state index contributed by atoms with van der Waals surface area (Å²) in [5.74, 6) is 0.0896. The molecule has 1 aromatic carbocycles. The third-order valence-electron chi connectivity index (χ3n) is 5.32. The zero-order valence-corrected chi connectivity index (χ0v) is 17.9. The Morgan fingerprint density at radius 1 is 1.30 bits per heavy atom. The zero-order chi connectivity index (χ0) is 21.7. The van der Waals surface area contributed by atoms with Gasteiger partial charge in [-0.05, 0) is 70.1 Å². The number of piperidine rings is 1. The van der Waals surface area contributed by atoms with E-state index in [-0.39, 0.29) is 11.7 Å². The highest BCUT2D eigenvalue weighted by Gasteiger charge is 2.26. The second-order valence-corrected chi connectivity index (χ2v) is 8.85. The van der Waals surface area contributed by atoms with Crippen molar-refractivity contribution in [3.05, 3.63) is 42.0 Å². The third kappa shape index (κ3) is 5.82. The first-order chi connectivity index (χ1) is 14.2. The van der Waals surface area contributed by atoms with Crippen LogP contribution in [0, 0.1) is 23.1 Å². The molecule has 1 aliphatic heterocycles. The van der Waals surface area contributed by atoms with Crippen LogP contribution < -0.4 is 0 Å². The smallest absolute Gasteiger partial charge is 0.410 e. The van der Waals surface area contributed by atoms with Crippen LogP contribution in [0.4, 0.5) is 9.18 Å². The lowest BCUT2D eigenvalue weighted by Gasteiger charge is -2.33. The average molecular weight is 413 g/mol. The highest BCUT2D eigenvalue weighted by Crippen LogP contribution is 2.25. The van der Waals surface area contributed by atoms with Gasteiger partial charge in [-0.15, -0.1) is 0 Å². The Morgan fingerprint density at radius 2 is 2.03 bits per heavy atom. The van der Waals surface area contributed by atoms with Crippen molar-refractivity contribution in [3.63, 3.8) is 0 Å². The Morgan fingerprint density at radius 3 is 2.67 bits per heavy atom. The van der Waals surface area contributed by atoms with Crippen molar-refractivity contribution in [1.82, 2.24) is 14.7 Å². The minimum atomic E-state index is -0.513. The van der Waals surface area contributed by atoms with Gasteiger partial charge in [0.1, 0.15) is 17.5 Å². The van der Waals surface area contributed by atoms with Gasteiger partial charge >= 0.3 is 6.09 Å². The van der Waals surface area contributed by atoms with Crippen molar-refractivity contribution in [1.29, 1.82) is 5.26 Å². The van der Waals surface area contributed by atoms with Gasteiger partial charge < -0.3 is 9.64 Å². The number of nitriles is 1. The fraction of sp³-hybridized carbons (Fsp3) is 0.522. The van der Waals surface area contributed by atoms with Crippen LogP contribution in [0.5, 0.6) is 0 Å². The molecule has 0 spiro atoms. The van der Waals surface area contributed by atoms with Crippen LogP contribution in [-0.4, -0.2) is 39.5 Å². The van der Waals surface area contributed by atoms with Gasteiger partial charge in [0.05, 0.1) is 11.8 Å². The summed E-state index contributed by atoms with van der Waals surface area (Å²) >= 11 is 0. The quantitative estimate of drug-likeness (QED) is 0.694. The number of carbonyl (C=O) groups excluding carboxylic acids is 1. The summed E-state index contributed by atoms with van der Waals surface area (Å²) in [7, 11) is 0. The number of carbonyl (C=O) groups is 1. The summed E-state index contributed by atoms with van der Waals surface area (Å²) in [6.45, 7) is 7.94. The van der Waals surface area contributed by atoms with Gasteiger partial charge in [-0.2, -0.15) is 10.4 Å². The number of ether oxygens (including phenoxy) is 1. The summed E-state index contributed by atoms with van der Waals surface area (Å²) in [5, 5.41) is 13.2. The Labute approximate surface area is 177 Å². The maximum absolute atomic E-state index is 13.8. The van der Waals surface area contributed by atoms with Crippen LogP contribution in [-0.2, 0) is 11.3 Å². The van der Waals surface area contributed by atoms with Gasteiger partial charge in [-0.25, -0.2) is 9.18 Å². The minimum Gasteiger partial charge on any atom is -0.444 e. The Balaban J connectivity index is 1.43. The average Bonchev–Trinajstić information content (AvgIpc) is 3.16. The molecule has 30 heavy (non-hydrogen) atoms. The number of nitrogens with zero attached hydrogens (tertiary/aromatic N) is 4. The van der Waals surface area contributed by atoms with E-state index in [9.17, 15) is 9.18 Å². The molecule has 2 heterocycles. The van der Waals surface area contributed by atoms with Crippen LogP contribution in [0.3, 0.4) is 0 Å². The number of likely N-dealkylation sites (tertiary alicyclic amines) is 1. The van der Waals surface area contributed by atoms with E-state index in [1.165, 1.54) is 12.1 Å². The van der Waals surface area contributed by atoms with Gasteiger partial charge in [0.15, 0.2) is 0 Å². The second kappa shape index (κ2) is 9.29. The molecular weight excluding hydrogens is 383 g/mol. The molecule has 160 valence electrons. The Bertz CT molecular complexity index is 918. The van der Waals surface area contributed by atoms with Gasteiger partial charge in [-0.3, -0.25) is 4.68 Å². The Hall–Kier alpha value is -2.88. The van der Waals surface area contributed by atoms with E-state index in [4.69, 9.17) is 10.00 Å². The highest BCUT2D eigenvalue weighted by molar-refractivity contribution is 5.68. The maximum atomic E-state index is 13.8. The van der Waals surface area contributed by atoms with E-state index in [0.717, 1.165) is 50.9 Å². The van der Waals surface area contributed by atoms with Crippen molar-refractivity contribution in [2.45, 2.75) is 58.6 Å². The van der Waals surface area contributed by atoms with Crippen molar-refractivity contribution in [3.8, 4) is 17.2 Å². The summed E-state index contributed by atoms with van der Waals surface area (Å²) in [6.07, 6.45) is 7.49. The number of halogens is 1. The number of aromatic nitrogens is 2. The first kappa shape index (κ1) is 21.8. The number of rotatable bonds is 5. The van der Waals surface area contributed by atoms with Crippen molar-refractivity contribution < 1.29 is 13.9 Å². The van der Waals surface area contributed by atoms with Crippen LogP contribution in [0.15, 0.2) is 30.6 Å². The molecule has 0 N–H and O–H groups in total. The molecule has 1 amide bonds. The number of hydrogen-bond acceptors (Lipinski definition) is 4. The van der Waals surface area contributed by atoms with Crippen LogP contribution in [0.25, 0.3) is 11.1 Å². The SMILES string of the molecule is CC(C)(C)OC(=O)N1CCC(CCCn2cc(-c3ccc(C#N)c(F)c3)cn2)CC1. The third-order valence-corrected chi connectivity index (χ3v) is 5.32. The van der Waals surface area contributed by atoms with Crippen molar-refractivity contribution in [2.75, 3.05) is 13.1 Å². The largest absolute Gasteiger partial charge is 0.444 e. The maximum Gasteiger partial charge on any atom is 0.410 e. The lowest BCUT2D eigenvalue weighted by molar-refractivity contribution is 0.0180. The first-order valence-corrected chi connectivity index (χ1v) is 10.5. The predicted octanol–water partition coefficient (Wildman–Crippen LogP) is 4.99. The summed E-state index contributed by atoms with van der Waals surface area (Å²) < 4.78 is 21.2. The monoisotopic (exact) mass is 412 g/mol. The van der Waals surface area contributed by atoms with E-state index in [0.29, 0.717) is 11.5 Å². The summed E-state index contributed by atoms with van der Waals surface area (Å²) in [4.78, 5) is 14.0. The molecule has 3 rings (SSSR count). The molecule has 2 aromatic rings. The molecule has 0 saturated carbocycles. The highest BCUT2D eigenvalue weighted by atomic mass is 19.1. The molecule has 6 nitrogen and oxygen atoms in total. The molecule has 0 atom stereocenters. The van der Waals surface area contributed by atoms with E-state index >= 15 is 0 Å². The zero-order valence-electron chi connectivity index (χ0n) is 17.9. The fourth-order valence-corrected chi connectivity index (χ4v) is 3.69. The molecule has 0 radical (unpaired) electrons. The lowest BCUT2D eigenvalue weighted by atomic mass is 9.92.